The molecule has 0 aromatic heterocycles. The second kappa shape index (κ2) is 23.5. The Balaban J connectivity index is 1.45. The van der Waals surface area contributed by atoms with Gasteiger partial charge in [0.25, 0.3) is 0 Å². The van der Waals surface area contributed by atoms with Crippen LogP contribution in [0.4, 0.5) is 0 Å². The molecule has 8 nitrogen and oxygen atoms in total. The molecule has 0 fully saturated rings. The minimum atomic E-state index is 0.199. The molecule has 0 amide bonds. The summed E-state index contributed by atoms with van der Waals surface area (Å²) in [6, 6.07) is 10.8. The lowest BCUT2D eigenvalue weighted by Gasteiger charge is -2.08. The van der Waals surface area contributed by atoms with Crippen molar-refractivity contribution < 1.29 is 19.7 Å². The number of nitrogens with zero attached hydrogens (tertiary/aromatic N) is 2. The van der Waals surface area contributed by atoms with Crippen LogP contribution in [0.1, 0.15) is 89.2 Å². The maximum atomic E-state index is 10.2. The van der Waals surface area contributed by atoms with E-state index in [1.54, 1.807) is 24.6 Å². The lowest BCUT2D eigenvalue weighted by atomic mass is 10.2. The molecular weight excluding hydrogens is 528 g/mol. The van der Waals surface area contributed by atoms with Gasteiger partial charge in [-0.15, -0.1) is 0 Å². The van der Waals surface area contributed by atoms with E-state index in [-0.39, 0.29) is 11.5 Å². The Bertz CT molecular complexity index is 947. The summed E-state index contributed by atoms with van der Waals surface area (Å²) in [7, 11) is 0. The molecule has 2 aromatic rings. The molecule has 0 atom stereocenters. The first-order valence-electron chi connectivity index (χ1n) is 16.0. The topological polar surface area (TPSA) is 108 Å². The first-order chi connectivity index (χ1) is 20.6. The first kappa shape index (κ1) is 35.1. The van der Waals surface area contributed by atoms with Crippen molar-refractivity contribution in [3.63, 3.8) is 0 Å². The quantitative estimate of drug-likeness (QED) is 0.0785. The summed E-state index contributed by atoms with van der Waals surface area (Å²) in [4.78, 5) is 8.88. The summed E-state index contributed by atoms with van der Waals surface area (Å²) in [5.74, 6) is 1.80. The Morgan fingerprint density at radius 3 is 1.45 bits per heavy atom. The van der Waals surface area contributed by atoms with Gasteiger partial charge in [-0.3, -0.25) is 9.98 Å². The molecule has 0 heterocycles. The minimum Gasteiger partial charge on any atom is -0.507 e. The van der Waals surface area contributed by atoms with Crippen LogP contribution >= 0.6 is 0 Å². The van der Waals surface area contributed by atoms with Crippen LogP contribution in [-0.2, 0) is 0 Å². The highest BCUT2D eigenvalue weighted by Gasteiger charge is 2.03. The second-order valence-corrected chi connectivity index (χ2v) is 10.5. The average molecular weight is 583 g/mol. The molecule has 0 radical (unpaired) electrons. The van der Waals surface area contributed by atoms with E-state index in [2.05, 4.69) is 34.5 Å². The van der Waals surface area contributed by atoms with E-state index in [1.807, 2.05) is 24.3 Å². The Morgan fingerprint density at radius 2 is 1.05 bits per heavy atom. The average Bonchev–Trinajstić information content (AvgIpc) is 2.99. The van der Waals surface area contributed by atoms with Crippen molar-refractivity contribution in [1.82, 2.24) is 10.6 Å². The number of benzene rings is 2. The normalized spacial score (nSPS) is 11.6. The fourth-order valence-electron chi connectivity index (χ4n) is 4.23. The predicted molar refractivity (Wildman–Crippen MR) is 175 cm³/mol. The van der Waals surface area contributed by atoms with E-state index in [1.165, 1.54) is 38.5 Å². The smallest absolute Gasteiger partial charge is 0.128 e. The fourth-order valence-corrected chi connectivity index (χ4v) is 4.23. The van der Waals surface area contributed by atoms with Crippen molar-refractivity contribution >= 4 is 12.4 Å². The third kappa shape index (κ3) is 16.4. The first-order valence-corrected chi connectivity index (χ1v) is 16.0. The van der Waals surface area contributed by atoms with Crippen LogP contribution in [0.25, 0.3) is 0 Å². The van der Waals surface area contributed by atoms with Gasteiger partial charge in [-0.25, -0.2) is 0 Å². The molecule has 0 aliphatic rings. The monoisotopic (exact) mass is 582 g/mol. The zero-order chi connectivity index (χ0) is 30.1. The molecule has 0 spiro atoms. The number of phenolic OH excluding ortho intramolecular Hbond substituents is 2. The van der Waals surface area contributed by atoms with Crippen molar-refractivity contribution in [2.24, 2.45) is 9.98 Å². The lowest BCUT2D eigenvalue weighted by molar-refractivity contribution is 0.303. The number of unbranched alkanes of at least 4 members (excludes halogenated alkanes) is 6. The number of rotatable bonds is 25. The van der Waals surface area contributed by atoms with Gasteiger partial charge in [0.1, 0.15) is 23.0 Å². The summed E-state index contributed by atoms with van der Waals surface area (Å²) in [6.45, 7) is 10.7. The molecule has 0 saturated carbocycles. The number of hydrogen-bond acceptors (Lipinski definition) is 8. The number of ether oxygens (including phenoxy) is 2. The van der Waals surface area contributed by atoms with Crippen LogP contribution < -0.4 is 20.1 Å². The van der Waals surface area contributed by atoms with Gasteiger partial charge < -0.3 is 30.3 Å². The lowest BCUT2D eigenvalue weighted by Crippen LogP contribution is -2.29. The van der Waals surface area contributed by atoms with Crippen molar-refractivity contribution in [3.8, 4) is 23.0 Å². The molecule has 0 aliphatic carbocycles. The molecule has 4 N–H and O–H groups in total. The van der Waals surface area contributed by atoms with Gasteiger partial charge in [-0.2, -0.15) is 0 Å². The van der Waals surface area contributed by atoms with Crippen molar-refractivity contribution in [1.29, 1.82) is 0 Å². The van der Waals surface area contributed by atoms with E-state index in [4.69, 9.17) is 9.47 Å². The molecule has 0 saturated heterocycles. The zero-order valence-corrected chi connectivity index (χ0v) is 26.0. The van der Waals surface area contributed by atoms with Gasteiger partial charge in [0, 0.05) is 61.9 Å². The molecule has 42 heavy (non-hydrogen) atoms. The summed E-state index contributed by atoms with van der Waals surface area (Å²) >= 11 is 0. The largest absolute Gasteiger partial charge is 0.507 e. The molecule has 0 aliphatic heterocycles. The zero-order valence-electron chi connectivity index (χ0n) is 26.0. The number of aliphatic imine (C=N–C) groups is 2. The van der Waals surface area contributed by atoms with E-state index in [0.29, 0.717) is 48.9 Å². The van der Waals surface area contributed by atoms with E-state index in [9.17, 15) is 10.2 Å². The van der Waals surface area contributed by atoms with Crippen LogP contribution in [0, 0.1) is 0 Å². The number of nitrogens with one attached hydrogen (secondary N) is 2. The highest BCUT2D eigenvalue weighted by molar-refractivity contribution is 5.84. The minimum absolute atomic E-state index is 0.199. The van der Waals surface area contributed by atoms with Crippen LogP contribution in [0.5, 0.6) is 23.0 Å². The van der Waals surface area contributed by atoms with Crippen LogP contribution in [0.2, 0.25) is 0 Å². The second-order valence-electron chi connectivity index (χ2n) is 10.5. The molecule has 0 bridgehead atoms. The Hall–Kier alpha value is -3.10. The highest BCUT2D eigenvalue weighted by Crippen LogP contribution is 2.23. The summed E-state index contributed by atoms with van der Waals surface area (Å²) < 4.78 is 11.4. The standard InChI is InChI=1S/C34H54N4O4/c1-3-5-7-9-23-41-31-15-13-29(33(39)25-31)27-37-19-11-17-35-21-22-36-18-12-20-38-28-30-14-16-32(26-34(30)40)42-24-10-8-6-4-2/h13-16,25-28,35-36,39-40H,3-12,17-24H2,1-2H3. The van der Waals surface area contributed by atoms with Gasteiger partial charge in [-0.1, -0.05) is 52.4 Å². The SMILES string of the molecule is CCCCCCOc1ccc(C=NCCCNCCNCCCN=Cc2ccc(OCCCCCC)cc2O)c(O)c1. The van der Waals surface area contributed by atoms with Crippen molar-refractivity contribution in [3.05, 3.63) is 47.5 Å². The molecule has 8 heteroatoms. The number of hydrogen-bond donors (Lipinski definition) is 4. The summed E-state index contributed by atoms with van der Waals surface area (Å²) in [5, 5.41) is 27.3. The molecule has 234 valence electrons. The maximum absolute atomic E-state index is 10.2. The molecular formula is C34H54N4O4. The predicted octanol–water partition coefficient (Wildman–Crippen LogP) is 6.51. The van der Waals surface area contributed by atoms with Crippen molar-refractivity contribution in [2.75, 3.05) is 52.5 Å². The van der Waals surface area contributed by atoms with Gasteiger partial charge >= 0.3 is 0 Å². The van der Waals surface area contributed by atoms with Gasteiger partial charge in [-0.05, 0) is 63.0 Å². The third-order valence-corrected chi connectivity index (χ3v) is 6.76. The third-order valence-electron chi connectivity index (χ3n) is 6.76. The van der Waals surface area contributed by atoms with E-state index >= 15 is 0 Å². The Kier molecular flexibility index (Phi) is 19.6. The van der Waals surface area contributed by atoms with Crippen LogP contribution in [0.15, 0.2) is 46.4 Å². The fraction of sp³-hybridized carbons (Fsp3) is 0.588. The summed E-state index contributed by atoms with van der Waals surface area (Å²) in [6.07, 6.45) is 14.6. The van der Waals surface area contributed by atoms with Gasteiger partial charge in [0.15, 0.2) is 0 Å². The van der Waals surface area contributed by atoms with E-state index < -0.39 is 0 Å². The molecule has 2 rings (SSSR count). The number of phenols is 2. The van der Waals surface area contributed by atoms with Crippen LogP contribution in [0.3, 0.4) is 0 Å². The van der Waals surface area contributed by atoms with Gasteiger partial charge in [0.2, 0.25) is 0 Å². The van der Waals surface area contributed by atoms with E-state index in [0.717, 1.165) is 51.9 Å². The van der Waals surface area contributed by atoms with Gasteiger partial charge in [0.05, 0.1) is 13.2 Å². The van der Waals surface area contributed by atoms with Crippen molar-refractivity contribution in [2.45, 2.75) is 78.1 Å². The Morgan fingerprint density at radius 1 is 0.595 bits per heavy atom. The highest BCUT2D eigenvalue weighted by atomic mass is 16.5. The maximum Gasteiger partial charge on any atom is 0.128 e. The molecule has 0 unspecified atom stereocenters. The Labute approximate surface area is 253 Å². The molecule has 2 aromatic carbocycles. The van der Waals surface area contributed by atoms with Crippen LogP contribution in [-0.4, -0.2) is 75.1 Å². The summed E-state index contributed by atoms with van der Waals surface area (Å²) in [5.41, 5.74) is 1.42. The number of aromatic hydroxyl groups is 2.